The van der Waals surface area contributed by atoms with Crippen molar-refractivity contribution < 1.29 is 9.72 Å². The van der Waals surface area contributed by atoms with Crippen LogP contribution in [0.2, 0.25) is 0 Å². The van der Waals surface area contributed by atoms with Crippen LogP contribution in [0, 0.1) is 16.0 Å². The molecule has 0 spiro atoms. The normalized spacial score (nSPS) is 16.4. The number of nitrogens with zero attached hydrogens (tertiary/aromatic N) is 3. The largest absolute Gasteiger partial charge is 0.369 e. The van der Waals surface area contributed by atoms with Gasteiger partial charge in [-0.1, -0.05) is 26.7 Å². The topological polar surface area (TPSA) is 78.7 Å². The van der Waals surface area contributed by atoms with Crippen molar-refractivity contribution in [1.82, 2.24) is 10.2 Å². The predicted octanol–water partition coefficient (Wildman–Crippen LogP) is 3.05. The summed E-state index contributed by atoms with van der Waals surface area (Å²) in [5, 5.41) is 13.8. The third-order valence-corrected chi connectivity index (χ3v) is 4.99. The highest BCUT2D eigenvalue weighted by atomic mass is 16.6. The Labute approximate surface area is 161 Å². The number of hydrogen-bond donors (Lipinski definition) is 1. The lowest BCUT2D eigenvalue weighted by atomic mass is 10.0. The zero-order chi connectivity index (χ0) is 19.8. The second kappa shape index (κ2) is 10.3. The van der Waals surface area contributed by atoms with Gasteiger partial charge in [0.2, 0.25) is 5.91 Å². The van der Waals surface area contributed by atoms with Crippen molar-refractivity contribution in [3.05, 3.63) is 34.4 Å². The van der Waals surface area contributed by atoms with Gasteiger partial charge in [0.15, 0.2) is 0 Å². The van der Waals surface area contributed by atoms with Gasteiger partial charge >= 0.3 is 0 Å². The van der Waals surface area contributed by atoms with E-state index in [1.165, 1.54) is 18.6 Å². The molecule has 0 unspecified atom stereocenters. The molecule has 1 fully saturated rings. The van der Waals surface area contributed by atoms with Crippen LogP contribution in [0.4, 0.5) is 11.4 Å². The summed E-state index contributed by atoms with van der Waals surface area (Å²) in [6.45, 7) is 10.2. The molecule has 1 aliphatic heterocycles. The molecule has 1 atom stereocenters. The maximum atomic E-state index is 12.2. The number of anilines is 1. The Morgan fingerprint density at radius 3 is 2.30 bits per heavy atom. The van der Waals surface area contributed by atoms with Gasteiger partial charge in [-0.15, -0.1) is 0 Å². The maximum Gasteiger partial charge on any atom is 0.269 e. The Morgan fingerprint density at radius 2 is 1.74 bits per heavy atom. The van der Waals surface area contributed by atoms with Crippen molar-refractivity contribution in [2.75, 3.05) is 37.6 Å². The van der Waals surface area contributed by atoms with Gasteiger partial charge in [0.05, 0.1) is 11.5 Å². The zero-order valence-electron chi connectivity index (χ0n) is 16.7. The van der Waals surface area contributed by atoms with E-state index in [0.29, 0.717) is 12.5 Å². The van der Waals surface area contributed by atoms with E-state index in [1.54, 1.807) is 12.1 Å². The van der Waals surface area contributed by atoms with Crippen molar-refractivity contribution in [2.24, 2.45) is 5.92 Å². The monoisotopic (exact) mass is 376 g/mol. The molecule has 2 rings (SSSR count). The number of amides is 1. The number of benzene rings is 1. The molecule has 0 bridgehead atoms. The molecule has 7 heteroatoms. The molecule has 0 aromatic heterocycles. The molecule has 1 aromatic rings. The lowest BCUT2D eigenvalue weighted by molar-refractivity contribution is -0.384. The second-order valence-corrected chi connectivity index (χ2v) is 7.83. The number of non-ortho nitro benzene ring substituents is 1. The fraction of sp³-hybridized carbons (Fsp3) is 0.650. The first-order valence-electron chi connectivity index (χ1n) is 9.86. The molecular formula is C20H32N4O3. The molecule has 1 amide bonds. The molecule has 0 saturated carbocycles. The SMILES string of the molecule is CC(C)CCC[C@H](C)NC(=O)CN1CCN(c2ccc([N+](=O)[O-])cc2)CC1. The Balaban J connectivity index is 1.70. The second-order valence-electron chi connectivity index (χ2n) is 7.83. The fourth-order valence-corrected chi connectivity index (χ4v) is 3.38. The predicted molar refractivity (Wildman–Crippen MR) is 108 cm³/mol. The number of piperazine rings is 1. The van der Waals surface area contributed by atoms with E-state index in [-0.39, 0.29) is 22.6 Å². The van der Waals surface area contributed by atoms with Gasteiger partial charge in [0.25, 0.3) is 5.69 Å². The average Bonchev–Trinajstić information content (AvgIpc) is 2.62. The fourth-order valence-electron chi connectivity index (χ4n) is 3.38. The lowest BCUT2D eigenvalue weighted by Crippen LogP contribution is -2.50. The number of carbonyl (C=O) groups excluding carboxylic acids is 1. The Bertz CT molecular complexity index is 610. The van der Waals surface area contributed by atoms with Crippen LogP contribution in [0.25, 0.3) is 0 Å². The van der Waals surface area contributed by atoms with Crippen molar-refractivity contribution in [3.63, 3.8) is 0 Å². The number of rotatable bonds is 9. The molecule has 1 aromatic carbocycles. The van der Waals surface area contributed by atoms with E-state index in [2.05, 4.69) is 35.9 Å². The van der Waals surface area contributed by atoms with Crippen molar-refractivity contribution in [1.29, 1.82) is 0 Å². The van der Waals surface area contributed by atoms with Crippen LogP contribution in [0.3, 0.4) is 0 Å². The summed E-state index contributed by atoms with van der Waals surface area (Å²) in [6, 6.07) is 6.88. The maximum absolute atomic E-state index is 12.2. The van der Waals surface area contributed by atoms with Crippen LogP contribution in [0.15, 0.2) is 24.3 Å². The van der Waals surface area contributed by atoms with Crippen LogP contribution in [0.1, 0.15) is 40.0 Å². The van der Waals surface area contributed by atoms with Gasteiger partial charge in [0, 0.05) is 50.0 Å². The van der Waals surface area contributed by atoms with Crippen LogP contribution >= 0.6 is 0 Å². The zero-order valence-corrected chi connectivity index (χ0v) is 16.7. The third kappa shape index (κ3) is 7.17. The Morgan fingerprint density at radius 1 is 1.11 bits per heavy atom. The minimum absolute atomic E-state index is 0.0934. The standard InChI is InChI=1S/C20H32N4O3/c1-16(2)5-4-6-17(3)21-20(25)15-22-11-13-23(14-12-22)18-7-9-19(10-8-18)24(26)27/h7-10,16-17H,4-6,11-15H2,1-3H3,(H,21,25)/t17-/m0/s1. The molecule has 1 saturated heterocycles. The van der Waals surface area contributed by atoms with E-state index in [4.69, 9.17) is 0 Å². The summed E-state index contributed by atoms with van der Waals surface area (Å²) < 4.78 is 0. The molecular weight excluding hydrogens is 344 g/mol. The Kier molecular flexibility index (Phi) is 8.03. The molecule has 1 heterocycles. The summed E-state index contributed by atoms with van der Waals surface area (Å²) in [4.78, 5) is 27.0. The molecule has 0 radical (unpaired) electrons. The van der Waals surface area contributed by atoms with E-state index in [1.807, 2.05) is 0 Å². The van der Waals surface area contributed by atoms with Gasteiger partial charge < -0.3 is 10.2 Å². The Hall–Kier alpha value is -2.15. The summed E-state index contributed by atoms with van der Waals surface area (Å²) in [6.07, 6.45) is 3.37. The summed E-state index contributed by atoms with van der Waals surface area (Å²) in [7, 11) is 0. The third-order valence-electron chi connectivity index (χ3n) is 4.99. The van der Waals surface area contributed by atoms with E-state index in [9.17, 15) is 14.9 Å². The minimum atomic E-state index is -0.385. The molecule has 7 nitrogen and oxygen atoms in total. The highest BCUT2D eigenvalue weighted by Crippen LogP contribution is 2.20. The van der Waals surface area contributed by atoms with Gasteiger partial charge in [-0.25, -0.2) is 0 Å². The lowest BCUT2D eigenvalue weighted by Gasteiger charge is -2.35. The number of nitro benzene ring substituents is 1. The summed E-state index contributed by atoms with van der Waals surface area (Å²) in [5.41, 5.74) is 1.10. The van der Waals surface area contributed by atoms with Crippen LogP contribution < -0.4 is 10.2 Å². The van der Waals surface area contributed by atoms with E-state index in [0.717, 1.165) is 44.7 Å². The smallest absolute Gasteiger partial charge is 0.269 e. The van der Waals surface area contributed by atoms with Gasteiger partial charge in [-0.3, -0.25) is 19.8 Å². The highest BCUT2D eigenvalue weighted by molar-refractivity contribution is 5.78. The first-order chi connectivity index (χ1) is 12.8. The molecule has 150 valence electrons. The van der Waals surface area contributed by atoms with Crippen LogP contribution in [-0.2, 0) is 4.79 Å². The molecule has 1 N–H and O–H groups in total. The van der Waals surface area contributed by atoms with Gasteiger partial charge in [0.1, 0.15) is 0 Å². The quantitative estimate of drug-likeness (QED) is 0.529. The molecule has 0 aliphatic carbocycles. The van der Waals surface area contributed by atoms with Crippen molar-refractivity contribution in [3.8, 4) is 0 Å². The number of carbonyl (C=O) groups is 1. The molecule has 1 aliphatic rings. The summed E-state index contributed by atoms with van der Waals surface area (Å²) in [5.74, 6) is 0.802. The molecule has 27 heavy (non-hydrogen) atoms. The van der Waals surface area contributed by atoms with Crippen LogP contribution in [0.5, 0.6) is 0 Å². The first kappa shape index (κ1) is 21.2. The van der Waals surface area contributed by atoms with Gasteiger partial charge in [-0.05, 0) is 31.4 Å². The number of nitrogens with one attached hydrogen (secondary N) is 1. The van der Waals surface area contributed by atoms with E-state index < -0.39 is 0 Å². The van der Waals surface area contributed by atoms with Gasteiger partial charge in [-0.2, -0.15) is 0 Å². The highest BCUT2D eigenvalue weighted by Gasteiger charge is 2.20. The average molecular weight is 377 g/mol. The number of nitro groups is 1. The van der Waals surface area contributed by atoms with E-state index >= 15 is 0 Å². The first-order valence-corrected chi connectivity index (χ1v) is 9.86. The number of hydrogen-bond acceptors (Lipinski definition) is 5. The van der Waals surface area contributed by atoms with Crippen molar-refractivity contribution in [2.45, 2.75) is 46.1 Å². The van der Waals surface area contributed by atoms with Crippen LogP contribution in [-0.4, -0.2) is 54.5 Å². The summed E-state index contributed by atoms with van der Waals surface area (Å²) >= 11 is 0. The van der Waals surface area contributed by atoms with Crippen molar-refractivity contribution >= 4 is 17.3 Å². The minimum Gasteiger partial charge on any atom is -0.369 e.